The van der Waals surface area contributed by atoms with Crippen LogP contribution in [0.15, 0.2) is 41.9 Å². The molecule has 1 aliphatic heterocycles. The molecule has 1 aromatic carbocycles. The normalized spacial score (nSPS) is 16.3. The van der Waals surface area contributed by atoms with Crippen molar-refractivity contribution >= 4 is 29.9 Å². The van der Waals surface area contributed by atoms with Crippen molar-refractivity contribution in [3.05, 3.63) is 36.9 Å². The van der Waals surface area contributed by atoms with Gasteiger partial charge >= 0.3 is 0 Å². The standard InChI is InChI=1S/C17H25N3O2.HI/c1-4-5-8-11-20(3)17(18-2)19-12-14-13-21-15-9-6-7-10-16(15)22-14;/h4,6-7,9-10,14H,1,5,8,11-13H2,2-3H3,(H,18,19);1H. The average Bonchev–Trinajstić information content (AvgIpc) is 2.55. The fraction of sp³-hybridized carbons (Fsp3) is 0.471. The minimum Gasteiger partial charge on any atom is -0.486 e. The molecule has 0 bridgehead atoms. The Balaban J connectivity index is 0.00000264. The van der Waals surface area contributed by atoms with Crippen LogP contribution in [-0.4, -0.2) is 50.8 Å². The summed E-state index contributed by atoms with van der Waals surface area (Å²) in [6.45, 7) is 5.89. The van der Waals surface area contributed by atoms with Crippen LogP contribution in [0.5, 0.6) is 11.5 Å². The van der Waals surface area contributed by atoms with Crippen LogP contribution in [-0.2, 0) is 0 Å². The van der Waals surface area contributed by atoms with Crippen LogP contribution in [0.1, 0.15) is 12.8 Å². The van der Waals surface area contributed by atoms with Gasteiger partial charge in [0.25, 0.3) is 0 Å². The number of benzene rings is 1. The zero-order valence-corrected chi connectivity index (χ0v) is 16.2. The molecular weight excluding hydrogens is 405 g/mol. The third-order valence-corrected chi connectivity index (χ3v) is 3.53. The fourth-order valence-corrected chi connectivity index (χ4v) is 2.33. The van der Waals surface area contributed by atoms with Gasteiger partial charge in [-0.2, -0.15) is 0 Å². The summed E-state index contributed by atoms with van der Waals surface area (Å²) in [5, 5.41) is 3.34. The lowest BCUT2D eigenvalue weighted by molar-refractivity contribution is 0.0932. The fourth-order valence-electron chi connectivity index (χ4n) is 2.33. The number of guanidine groups is 1. The predicted octanol–water partition coefficient (Wildman–Crippen LogP) is 2.92. The zero-order valence-electron chi connectivity index (χ0n) is 13.8. The molecule has 0 saturated carbocycles. The first-order valence-corrected chi connectivity index (χ1v) is 7.65. The van der Waals surface area contributed by atoms with Crippen molar-refractivity contribution in [1.29, 1.82) is 0 Å². The lowest BCUT2D eigenvalue weighted by Crippen LogP contribution is -2.46. The Bertz CT molecular complexity index is 522. The lowest BCUT2D eigenvalue weighted by Gasteiger charge is -2.28. The monoisotopic (exact) mass is 431 g/mol. The molecule has 1 atom stereocenters. The van der Waals surface area contributed by atoms with E-state index in [0.717, 1.165) is 36.8 Å². The third-order valence-electron chi connectivity index (χ3n) is 3.53. The van der Waals surface area contributed by atoms with Gasteiger partial charge in [0.05, 0.1) is 6.54 Å². The van der Waals surface area contributed by atoms with E-state index in [0.29, 0.717) is 13.2 Å². The summed E-state index contributed by atoms with van der Waals surface area (Å²) in [5.41, 5.74) is 0. The summed E-state index contributed by atoms with van der Waals surface area (Å²) >= 11 is 0. The maximum Gasteiger partial charge on any atom is 0.193 e. The van der Waals surface area contributed by atoms with E-state index in [4.69, 9.17) is 9.47 Å². The minimum absolute atomic E-state index is 0. The molecule has 1 N–H and O–H groups in total. The molecule has 23 heavy (non-hydrogen) atoms. The van der Waals surface area contributed by atoms with E-state index in [1.165, 1.54) is 0 Å². The number of hydrogen-bond acceptors (Lipinski definition) is 3. The lowest BCUT2D eigenvalue weighted by atomic mass is 10.2. The molecule has 6 heteroatoms. The molecule has 0 aromatic heterocycles. The molecule has 2 rings (SSSR count). The van der Waals surface area contributed by atoms with Crippen molar-refractivity contribution < 1.29 is 9.47 Å². The van der Waals surface area contributed by atoms with Gasteiger partial charge in [0.15, 0.2) is 17.5 Å². The van der Waals surface area contributed by atoms with Gasteiger partial charge in [-0.3, -0.25) is 4.99 Å². The first-order valence-electron chi connectivity index (χ1n) is 7.65. The Morgan fingerprint density at radius 3 is 2.87 bits per heavy atom. The molecule has 1 aromatic rings. The first kappa shape index (κ1) is 19.6. The van der Waals surface area contributed by atoms with Crippen molar-refractivity contribution in [1.82, 2.24) is 10.2 Å². The summed E-state index contributed by atoms with van der Waals surface area (Å²) in [4.78, 5) is 6.42. The molecule has 5 nitrogen and oxygen atoms in total. The highest BCUT2D eigenvalue weighted by atomic mass is 127. The summed E-state index contributed by atoms with van der Waals surface area (Å²) in [5.74, 6) is 2.48. The van der Waals surface area contributed by atoms with Crippen LogP contribution in [0.4, 0.5) is 0 Å². The number of ether oxygens (including phenoxy) is 2. The third kappa shape index (κ3) is 5.93. The smallest absolute Gasteiger partial charge is 0.193 e. The minimum atomic E-state index is -0.0202. The summed E-state index contributed by atoms with van der Waals surface area (Å²) in [6.07, 6.45) is 4.00. The second-order valence-electron chi connectivity index (χ2n) is 5.28. The number of fused-ring (bicyclic) bond motifs is 1. The number of para-hydroxylation sites is 2. The predicted molar refractivity (Wildman–Crippen MR) is 105 cm³/mol. The van der Waals surface area contributed by atoms with Gasteiger partial charge in [0.2, 0.25) is 0 Å². The number of rotatable bonds is 6. The van der Waals surface area contributed by atoms with Crippen LogP contribution < -0.4 is 14.8 Å². The molecule has 0 spiro atoms. The number of nitrogens with zero attached hydrogens (tertiary/aromatic N) is 2. The number of allylic oxidation sites excluding steroid dienone is 1. The largest absolute Gasteiger partial charge is 0.486 e. The van der Waals surface area contributed by atoms with E-state index in [2.05, 4.69) is 21.8 Å². The Kier molecular flexibility index (Phi) is 8.83. The SMILES string of the molecule is C=CCCCN(C)C(=NC)NCC1COc2ccccc2O1.I. The van der Waals surface area contributed by atoms with Gasteiger partial charge in [-0.25, -0.2) is 0 Å². The Hall–Kier alpha value is -1.44. The van der Waals surface area contributed by atoms with Gasteiger partial charge in [-0.1, -0.05) is 18.2 Å². The van der Waals surface area contributed by atoms with E-state index in [-0.39, 0.29) is 30.1 Å². The van der Waals surface area contributed by atoms with Crippen molar-refractivity contribution in [3.63, 3.8) is 0 Å². The van der Waals surface area contributed by atoms with Crippen LogP contribution in [0.3, 0.4) is 0 Å². The van der Waals surface area contributed by atoms with E-state index in [1.54, 1.807) is 7.05 Å². The van der Waals surface area contributed by atoms with Crippen LogP contribution in [0.2, 0.25) is 0 Å². The molecule has 1 aliphatic rings. The van der Waals surface area contributed by atoms with Gasteiger partial charge in [0.1, 0.15) is 12.7 Å². The average molecular weight is 431 g/mol. The molecule has 128 valence electrons. The number of halogens is 1. The Morgan fingerprint density at radius 1 is 1.43 bits per heavy atom. The summed E-state index contributed by atoms with van der Waals surface area (Å²) in [6, 6.07) is 7.74. The van der Waals surface area contributed by atoms with Crippen molar-refractivity contribution in [2.45, 2.75) is 18.9 Å². The molecule has 0 aliphatic carbocycles. The summed E-state index contributed by atoms with van der Waals surface area (Å²) < 4.78 is 11.6. The number of unbranched alkanes of at least 4 members (excludes halogenated alkanes) is 1. The van der Waals surface area contributed by atoms with E-state index >= 15 is 0 Å². The Morgan fingerprint density at radius 2 is 2.17 bits per heavy atom. The first-order chi connectivity index (χ1) is 10.7. The van der Waals surface area contributed by atoms with Gasteiger partial charge in [-0.15, -0.1) is 30.6 Å². The maximum atomic E-state index is 5.93. The highest BCUT2D eigenvalue weighted by molar-refractivity contribution is 14.0. The second-order valence-corrected chi connectivity index (χ2v) is 5.28. The van der Waals surface area contributed by atoms with Crippen LogP contribution >= 0.6 is 24.0 Å². The van der Waals surface area contributed by atoms with Crippen LogP contribution in [0, 0.1) is 0 Å². The molecule has 1 heterocycles. The zero-order chi connectivity index (χ0) is 15.8. The number of aliphatic imine (C=N–C) groups is 1. The quantitative estimate of drug-likeness (QED) is 0.248. The molecule has 0 amide bonds. The van der Waals surface area contributed by atoms with E-state index < -0.39 is 0 Å². The molecule has 0 radical (unpaired) electrons. The molecule has 0 fully saturated rings. The molecule has 0 saturated heterocycles. The highest BCUT2D eigenvalue weighted by Gasteiger charge is 2.21. The van der Waals surface area contributed by atoms with Gasteiger partial charge in [-0.05, 0) is 25.0 Å². The van der Waals surface area contributed by atoms with Gasteiger partial charge in [0, 0.05) is 20.6 Å². The van der Waals surface area contributed by atoms with Crippen molar-refractivity contribution in [2.75, 3.05) is 33.8 Å². The highest BCUT2D eigenvalue weighted by Crippen LogP contribution is 2.30. The number of hydrogen-bond donors (Lipinski definition) is 1. The number of nitrogens with one attached hydrogen (secondary N) is 1. The molecule has 1 unspecified atom stereocenters. The Labute approximate surface area is 155 Å². The summed E-state index contributed by atoms with van der Waals surface area (Å²) in [7, 11) is 3.83. The topological polar surface area (TPSA) is 46.1 Å². The maximum absolute atomic E-state index is 5.93. The van der Waals surface area contributed by atoms with Crippen molar-refractivity contribution in [2.24, 2.45) is 4.99 Å². The second kappa shape index (κ2) is 10.4. The van der Waals surface area contributed by atoms with E-state index in [1.807, 2.05) is 37.4 Å². The van der Waals surface area contributed by atoms with Crippen LogP contribution in [0.25, 0.3) is 0 Å². The van der Waals surface area contributed by atoms with E-state index in [9.17, 15) is 0 Å². The van der Waals surface area contributed by atoms with Crippen molar-refractivity contribution in [3.8, 4) is 11.5 Å². The molecular formula is C17H26IN3O2. The van der Waals surface area contributed by atoms with Gasteiger partial charge < -0.3 is 19.7 Å².